The zero-order chi connectivity index (χ0) is 12.6. The van der Waals surface area contributed by atoms with Crippen LogP contribution in [0.4, 0.5) is 13.2 Å². The molecule has 17 heavy (non-hydrogen) atoms. The summed E-state index contributed by atoms with van der Waals surface area (Å²) in [5, 5.41) is 0.788. The van der Waals surface area contributed by atoms with Gasteiger partial charge in [0.15, 0.2) is 0 Å². The highest BCUT2D eigenvalue weighted by atomic mass is 19.4. The summed E-state index contributed by atoms with van der Waals surface area (Å²) in [6.45, 7) is 3.75. The minimum atomic E-state index is -4.40. The number of benzene rings is 1. The summed E-state index contributed by atoms with van der Waals surface area (Å²) in [7, 11) is 0. The highest BCUT2D eigenvalue weighted by molar-refractivity contribution is 5.82. The number of alkyl halides is 3. The van der Waals surface area contributed by atoms with Crippen molar-refractivity contribution in [1.82, 2.24) is 4.98 Å². The van der Waals surface area contributed by atoms with Crippen LogP contribution >= 0.6 is 0 Å². The topological polar surface area (TPSA) is 12.9 Å². The molecule has 0 aliphatic heterocycles. The van der Waals surface area contributed by atoms with Crippen molar-refractivity contribution >= 4 is 10.9 Å². The zero-order valence-electron chi connectivity index (χ0n) is 9.55. The van der Waals surface area contributed by atoms with Crippen LogP contribution in [0.2, 0.25) is 0 Å². The summed E-state index contributed by atoms with van der Waals surface area (Å²) >= 11 is 0. The molecule has 1 aromatic heterocycles. The predicted octanol–water partition coefficient (Wildman–Crippen LogP) is 4.38. The lowest BCUT2D eigenvalue weighted by Crippen LogP contribution is -2.09. The number of hydrogen-bond acceptors (Lipinski definition) is 1. The number of aromatic nitrogens is 1. The van der Waals surface area contributed by atoms with Gasteiger partial charge in [0, 0.05) is 5.39 Å². The average molecular weight is 239 g/mol. The van der Waals surface area contributed by atoms with Gasteiger partial charge in [-0.05, 0) is 23.6 Å². The normalized spacial score (nSPS) is 12.4. The van der Waals surface area contributed by atoms with Gasteiger partial charge in [0.2, 0.25) is 0 Å². The molecular weight excluding hydrogens is 227 g/mol. The van der Waals surface area contributed by atoms with Gasteiger partial charge in [0.25, 0.3) is 0 Å². The Kier molecular flexibility index (Phi) is 2.81. The summed E-state index contributed by atoms with van der Waals surface area (Å²) in [4.78, 5) is 3.66. The lowest BCUT2D eigenvalue weighted by molar-refractivity contribution is -0.141. The molecule has 1 aromatic carbocycles. The number of halogens is 3. The summed E-state index contributed by atoms with van der Waals surface area (Å²) in [6, 6.07) is 8.06. The highest BCUT2D eigenvalue weighted by Crippen LogP contribution is 2.33. The number of fused-ring (bicyclic) bond motifs is 1. The van der Waals surface area contributed by atoms with Gasteiger partial charge in [-0.15, -0.1) is 0 Å². The summed E-state index contributed by atoms with van der Waals surface area (Å²) < 4.78 is 38.1. The van der Waals surface area contributed by atoms with Crippen molar-refractivity contribution in [3.63, 3.8) is 0 Å². The Morgan fingerprint density at radius 3 is 2.35 bits per heavy atom. The van der Waals surface area contributed by atoms with Gasteiger partial charge in [-0.25, -0.2) is 4.98 Å². The maximum atomic E-state index is 12.7. The van der Waals surface area contributed by atoms with Gasteiger partial charge >= 0.3 is 6.18 Å². The van der Waals surface area contributed by atoms with Gasteiger partial charge in [-0.2, -0.15) is 13.2 Å². The second kappa shape index (κ2) is 4.02. The fourth-order valence-electron chi connectivity index (χ4n) is 1.83. The van der Waals surface area contributed by atoms with Crippen LogP contribution in [0.3, 0.4) is 0 Å². The second-order valence-corrected chi connectivity index (χ2v) is 4.27. The average Bonchev–Trinajstić information content (AvgIpc) is 2.26. The second-order valence-electron chi connectivity index (χ2n) is 4.27. The van der Waals surface area contributed by atoms with E-state index in [1.807, 2.05) is 19.9 Å². The fraction of sp³-hybridized carbons (Fsp3) is 0.308. The maximum absolute atomic E-state index is 12.7. The Morgan fingerprint density at radius 2 is 1.76 bits per heavy atom. The first-order valence-electron chi connectivity index (χ1n) is 5.36. The van der Waals surface area contributed by atoms with E-state index in [1.54, 1.807) is 18.2 Å². The van der Waals surface area contributed by atoms with Crippen LogP contribution in [0, 0.1) is 0 Å². The van der Waals surface area contributed by atoms with Crippen LogP contribution in [0.1, 0.15) is 31.0 Å². The maximum Gasteiger partial charge on any atom is 0.433 e. The minimum absolute atomic E-state index is 0.0315. The molecule has 4 heteroatoms. The Labute approximate surface area is 97.3 Å². The summed E-state index contributed by atoms with van der Waals surface area (Å²) in [5.74, 6) is 0.0315. The fourth-order valence-corrected chi connectivity index (χ4v) is 1.83. The molecule has 0 radical (unpaired) electrons. The van der Waals surface area contributed by atoms with Gasteiger partial charge in [-0.1, -0.05) is 32.0 Å². The number of hydrogen-bond donors (Lipinski definition) is 0. The van der Waals surface area contributed by atoms with Crippen molar-refractivity contribution in [1.29, 1.82) is 0 Å². The van der Waals surface area contributed by atoms with Gasteiger partial charge < -0.3 is 0 Å². The Bertz CT molecular complexity index is 544. The Morgan fingerprint density at radius 1 is 1.12 bits per heavy atom. The third-order valence-corrected chi connectivity index (χ3v) is 2.66. The molecule has 1 nitrogen and oxygen atoms in total. The third-order valence-electron chi connectivity index (χ3n) is 2.66. The molecule has 1 heterocycles. The van der Waals surface area contributed by atoms with Crippen molar-refractivity contribution in [2.24, 2.45) is 0 Å². The van der Waals surface area contributed by atoms with Crippen LogP contribution in [-0.2, 0) is 6.18 Å². The first-order valence-corrected chi connectivity index (χ1v) is 5.36. The van der Waals surface area contributed by atoms with Crippen molar-refractivity contribution < 1.29 is 13.2 Å². The van der Waals surface area contributed by atoms with E-state index in [9.17, 15) is 13.2 Å². The minimum Gasteiger partial charge on any atom is -0.243 e. The molecule has 0 amide bonds. The van der Waals surface area contributed by atoms with Crippen molar-refractivity contribution in [2.75, 3.05) is 0 Å². The van der Waals surface area contributed by atoms with Gasteiger partial charge in [-0.3, -0.25) is 0 Å². The molecule has 0 bridgehead atoms. The molecule has 2 aromatic rings. The van der Waals surface area contributed by atoms with E-state index < -0.39 is 11.9 Å². The number of para-hydroxylation sites is 1. The molecule has 0 aliphatic rings. The van der Waals surface area contributed by atoms with E-state index in [-0.39, 0.29) is 5.92 Å². The van der Waals surface area contributed by atoms with Crippen LogP contribution in [0.25, 0.3) is 10.9 Å². The van der Waals surface area contributed by atoms with Crippen LogP contribution < -0.4 is 0 Å². The van der Waals surface area contributed by atoms with E-state index in [0.29, 0.717) is 11.1 Å². The summed E-state index contributed by atoms with van der Waals surface area (Å²) in [6.07, 6.45) is -4.40. The third kappa shape index (κ3) is 2.25. The number of rotatable bonds is 1. The Balaban J connectivity index is 2.76. The predicted molar refractivity (Wildman–Crippen MR) is 60.8 cm³/mol. The van der Waals surface area contributed by atoms with Crippen LogP contribution in [-0.4, -0.2) is 4.98 Å². The highest BCUT2D eigenvalue weighted by Gasteiger charge is 2.33. The van der Waals surface area contributed by atoms with E-state index in [1.165, 1.54) is 0 Å². The van der Waals surface area contributed by atoms with E-state index in [2.05, 4.69) is 4.98 Å². The quantitative estimate of drug-likeness (QED) is 0.719. The SMILES string of the molecule is CC(C)c1cc(C(F)(F)F)nc2ccccc12. The number of pyridine rings is 1. The first-order chi connectivity index (χ1) is 7.89. The van der Waals surface area contributed by atoms with E-state index in [4.69, 9.17) is 0 Å². The molecule has 90 valence electrons. The lowest BCUT2D eigenvalue weighted by Gasteiger charge is -2.13. The molecule has 2 rings (SSSR count). The smallest absolute Gasteiger partial charge is 0.243 e. The molecule has 0 aliphatic carbocycles. The molecular formula is C13H12F3N. The molecule has 0 N–H and O–H groups in total. The van der Waals surface area contributed by atoms with Crippen LogP contribution in [0.5, 0.6) is 0 Å². The van der Waals surface area contributed by atoms with Gasteiger partial charge in [0.05, 0.1) is 5.52 Å². The van der Waals surface area contributed by atoms with Crippen LogP contribution in [0.15, 0.2) is 30.3 Å². The Hall–Kier alpha value is -1.58. The molecule has 0 saturated heterocycles. The number of nitrogens with zero attached hydrogens (tertiary/aromatic N) is 1. The monoisotopic (exact) mass is 239 g/mol. The zero-order valence-corrected chi connectivity index (χ0v) is 9.55. The molecule has 0 fully saturated rings. The van der Waals surface area contributed by atoms with Crippen molar-refractivity contribution in [3.05, 3.63) is 41.6 Å². The lowest BCUT2D eigenvalue weighted by atomic mass is 9.98. The summed E-state index contributed by atoms with van der Waals surface area (Å²) in [5.41, 5.74) is 0.258. The molecule has 0 unspecified atom stereocenters. The molecule has 0 atom stereocenters. The van der Waals surface area contributed by atoms with Crippen molar-refractivity contribution in [2.45, 2.75) is 25.9 Å². The molecule has 0 saturated carbocycles. The molecule has 0 spiro atoms. The largest absolute Gasteiger partial charge is 0.433 e. The standard InChI is InChI=1S/C13H12F3N/c1-8(2)10-7-12(13(14,15)16)17-11-6-4-3-5-9(10)11/h3-8H,1-2H3. The first kappa shape index (κ1) is 11.9. The van der Waals surface area contributed by atoms with E-state index >= 15 is 0 Å². The van der Waals surface area contributed by atoms with E-state index in [0.717, 1.165) is 11.5 Å². The van der Waals surface area contributed by atoms with Crippen molar-refractivity contribution in [3.8, 4) is 0 Å². The van der Waals surface area contributed by atoms with Gasteiger partial charge in [0.1, 0.15) is 5.69 Å².